The zero-order valence-corrected chi connectivity index (χ0v) is 7.58. The van der Waals surface area contributed by atoms with E-state index in [4.69, 9.17) is 5.26 Å². The Morgan fingerprint density at radius 2 is 1.73 bits per heavy atom. The summed E-state index contributed by atoms with van der Waals surface area (Å²) in [5.74, 6) is -2.22. The third-order valence-corrected chi connectivity index (χ3v) is 1.60. The molecule has 0 aliphatic rings. The molecule has 0 N–H and O–H groups in total. The summed E-state index contributed by atoms with van der Waals surface area (Å²) >= 11 is 0. The maximum atomic E-state index is 12.1. The lowest BCUT2D eigenvalue weighted by Crippen LogP contribution is -2.21. The second-order valence-corrected chi connectivity index (χ2v) is 2.85. The smallest absolute Gasteiger partial charge is 0.198 e. The fraction of sp³-hybridized carbons (Fsp3) is 0.625. The van der Waals surface area contributed by atoms with E-state index in [0.717, 1.165) is 0 Å². The first-order valence-electron chi connectivity index (χ1n) is 3.80. The van der Waals surface area contributed by atoms with Gasteiger partial charge >= 0.3 is 12.4 Å². The number of alkyl halides is 6. The molecular formula is C8H7F6N. The number of hydrogen-bond donors (Lipinski definition) is 0. The van der Waals surface area contributed by atoms with Gasteiger partial charge in [0, 0.05) is 5.57 Å². The highest BCUT2D eigenvalue weighted by molar-refractivity contribution is 5.15. The molecule has 0 heterocycles. The van der Waals surface area contributed by atoms with Gasteiger partial charge in [-0.15, -0.1) is 0 Å². The van der Waals surface area contributed by atoms with Gasteiger partial charge in [0.05, 0.1) is 18.4 Å². The van der Waals surface area contributed by atoms with Gasteiger partial charge in [0.15, 0.2) is 0 Å². The van der Waals surface area contributed by atoms with E-state index >= 15 is 0 Å². The Bertz CT molecular complexity index is 279. The zero-order chi connectivity index (χ0) is 12.3. The molecule has 0 rings (SSSR count). The van der Waals surface area contributed by atoms with Crippen LogP contribution in [-0.2, 0) is 0 Å². The Hall–Kier alpha value is -1.19. The van der Waals surface area contributed by atoms with Crippen molar-refractivity contribution in [2.75, 3.05) is 0 Å². The monoisotopic (exact) mass is 231 g/mol. The molecule has 1 unspecified atom stereocenters. The normalized spacial score (nSPS) is 16.0. The molecule has 15 heavy (non-hydrogen) atoms. The van der Waals surface area contributed by atoms with E-state index in [1.807, 2.05) is 0 Å². The molecule has 0 spiro atoms. The molecule has 1 nitrogen and oxygen atoms in total. The van der Waals surface area contributed by atoms with Crippen LogP contribution in [0.25, 0.3) is 0 Å². The van der Waals surface area contributed by atoms with Crippen LogP contribution < -0.4 is 0 Å². The molecule has 0 aliphatic heterocycles. The summed E-state index contributed by atoms with van der Waals surface area (Å²) in [6.07, 6.45) is -10.7. The molecule has 0 radical (unpaired) electrons. The standard InChI is InChI=1S/C8H7F6N/c1-5(7(9,10)11)4-6(2-3-15)8(12,13)14/h4-5H,2H2,1H3/b6-4+. The Labute approximate surface area is 82.0 Å². The van der Waals surface area contributed by atoms with Crippen LogP contribution in [0.2, 0.25) is 0 Å². The van der Waals surface area contributed by atoms with Crippen LogP contribution in [0.1, 0.15) is 13.3 Å². The van der Waals surface area contributed by atoms with Crippen LogP contribution in [0.5, 0.6) is 0 Å². The van der Waals surface area contributed by atoms with Gasteiger partial charge in [0.1, 0.15) is 0 Å². The average Bonchev–Trinajstić information content (AvgIpc) is 1.99. The molecule has 1 atom stereocenters. The largest absolute Gasteiger partial charge is 0.413 e. The van der Waals surface area contributed by atoms with E-state index < -0.39 is 30.3 Å². The Morgan fingerprint density at radius 3 is 2.00 bits per heavy atom. The van der Waals surface area contributed by atoms with Crippen molar-refractivity contribution >= 4 is 0 Å². The van der Waals surface area contributed by atoms with Crippen molar-refractivity contribution in [3.63, 3.8) is 0 Å². The summed E-state index contributed by atoms with van der Waals surface area (Å²) in [5.41, 5.74) is -1.46. The summed E-state index contributed by atoms with van der Waals surface area (Å²) in [6, 6.07) is 1.18. The molecule has 0 aromatic heterocycles. The number of nitrogens with zero attached hydrogens (tertiary/aromatic N) is 1. The fourth-order valence-electron chi connectivity index (χ4n) is 0.735. The number of nitriles is 1. The summed E-state index contributed by atoms with van der Waals surface area (Å²) in [6.45, 7) is 0.600. The minimum Gasteiger partial charge on any atom is -0.198 e. The first kappa shape index (κ1) is 13.8. The van der Waals surface area contributed by atoms with Crippen molar-refractivity contribution in [2.45, 2.75) is 25.7 Å². The molecule has 0 amide bonds. The van der Waals surface area contributed by atoms with Gasteiger partial charge in [-0.05, 0) is 0 Å². The van der Waals surface area contributed by atoms with Crippen LogP contribution >= 0.6 is 0 Å². The van der Waals surface area contributed by atoms with Gasteiger partial charge in [0.25, 0.3) is 0 Å². The second-order valence-electron chi connectivity index (χ2n) is 2.85. The van der Waals surface area contributed by atoms with Crippen LogP contribution in [0.15, 0.2) is 11.6 Å². The Morgan fingerprint density at radius 1 is 1.27 bits per heavy atom. The lowest BCUT2D eigenvalue weighted by molar-refractivity contribution is -0.157. The maximum Gasteiger partial charge on any atom is 0.413 e. The zero-order valence-electron chi connectivity index (χ0n) is 7.58. The second kappa shape index (κ2) is 4.55. The highest BCUT2D eigenvalue weighted by atomic mass is 19.4. The van der Waals surface area contributed by atoms with E-state index in [-0.39, 0.29) is 6.08 Å². The Kier molecular flexibility index (Phi) is 4.19. The minimum atomic E-state index is -4.89. The van der Waals surface area contributed by atoms with Gasteiger partial charge in [-0.25, -0.2) is 0 Å². The predicted octanol–water partition coefficient (Wildman–Crippen LogP) is 3.59. The number of rotatable bonds is 2. The van der Waals surface area contributed by atoms with Crippen LogP contribution in [0, 0.1) is 17.2 Å². The summed E-state index contributed by atoms with van der Waals surface area (Å²) in [4.78, 5) is 0. The quantitative estimate of drug-likeness (QED) is 0.526. The molecule has 0 fully saturated rings. The van der Waals surface area contributed by atoms with Crippen molar-refractivity contribution in [1.29, 1.82) is 5.26 Å². The fourth-order valence-corrected chi connectivity index (χ4v) is 0.735. The molecular weight excluding hydrogens is 224 g/mol. The molecule has 0 saturated heterocycles. The summed E-state index contributed by atoms with van der Waals surface area (Å²) < 4.78 is 72.0. The van der Waals surface area contributed by atoms with E-state index in [0.29, 0.717) is 6.92 Å². The summed E-state index contributed by atoms with van der Waals surface area (Å²) in [5, 5.41) is 8.04. The van der Waals surface area contributed by atoms with Gasteiger partial charge in [-0.3, -0.25) is 0 Å². The van der Waals surface area contributed by atoms with Crippen molar-refractivity contribution in [3.8, 4) is 6.07 Å². The topological polar surface area (TPSA) is 23.8 Å². The highest BCUT2D eigenvalue weighted by Crippen LogP contribution is 2.33. The molecule has 0 saturated carbocycles. The minimum absolute atomic E-state index is 0.0310. The third-order valence-electron chi connectivity index (χ3n) is 1.60. The van der Waals surface area contributed by atoms with Gasteiger partial charge in [0.2, 0.25) is 0 Å². The molecule has 86 valence electrons. The van der Waals surface area contributed by atoms with Crippen LogP contribution in [-0.4, -0.2) is 12.4 Å². The van der Waals surface area contributed by atoms with Crippen LogP contribution in [0.3, 0.4) is 0 Å². The van der Waals surface area contributed by atoms with Crippen molar-refractivity contribution in [1.82, 2.24) is 0 Å². The first-order valence-corrected chi connectivity index (χ1v) is 3.80. The third kappa shape index (κ3) is 4.72. The number of hydrogen-bond acceptors (Lipinski definition) is 1. The highest BCUT2D eigenvalue weighted by Gasteiger charge is 2.39. The SMILES string of the molecule is CC(/C=C(\CC#N)C(F)(F)F)C(F)(F)F. The predicted molar refractivity (Wildman–Crippen MR) is 39.6 cm³/mol. The van der Waals surface area contributed by atoms with E-state index in [2.05, 4.69) is 0 Å². The maximum absolute atomic E-state index is 12.1. The molecule has 0 aromatic carbocycles. The van der Waals surface area contributed by atoms with Gasteiger partial charge < -0.3 is 0 Å². The molecule has 0 bridgehead atoms. The van der Waals surface area contributed by atoms with Crippen molar-refractivity contribution in [2.24, 2.45) is 5.92 Å². The molecule has 0 aliphatic carbocycles. The Balaban J connectivity index is 4.95. The lowest BCUT2D eigenvalue weighted by atomic mass is 10.0. The number of halogens is 6. The van der Waals surface area contributed by atoms with E-state index in [1.54, 1.807) is 0 Å². The van der Waals surface area contributed by atoms with E-state index in [9.17, 15) is 26.3 Å². The molecule has 7 heteroatoms. The van der Waals surface area contributed by atoms with Crippen molar-refractivity contribution < 1.29 is 26.3 Å². The lowest BCUT2D eigenvalue weighted by Gasteiger charge is -2.14. The average molecular weight is 231 g/mol. The first-order chi connectivity index (χ1) is 6.59. The van der Waals surface area contributed by atoms with E-state index in [1.165, 1.54) is 6.07 Å². The van der Waals surface area contributed by atoms with Gasteiger partial charge in [-0.2, -0.15) is 31.6 Å². The van der Waals surface area contributed by atoms with Crippen molar-refractivity contribution in [3.05, 3.63) is 11.6 Å². The number of allylic oxidation sites excluding steroid dienone is 2. The summed E-state index contributed by atoms with van der Waals surface area (Å²) in [7, 11) is 0. The van der Waals surface area contributed by atoms with Gasteiger partial charge in [-0.1, -0.05) is 13.0 Å². The van der Waals surface area contributed by atoms with Crippen LogP contribution in [0.4, 0.5) is 26.3 Å². The molecule has 0 aromatic rings.